The van der Waals surface area contributed by atoms with Gasteiger partial charge in [-0.3, -0.25) is 4.18 Å². The van der Waals surface area contributed by atoms with Gasteiger partial charge in [-0.2, -0.15) is 8.42 Å². The van der Waals surface area contributed by atoms with Gasteiger partial charge in [-0.05, 0) is 12.8 Å². The van der Waals surface area contributed by atoms with E-state index < -0.39 is 10.1 Å². The zero-order valence-corrected chi connectivity index (χ0v) is 30.1. The molecule has 0 aliphatic carbocycles. The second-order valence-corrected chi connectivity index (χ2v) is 13.7. The second kappa shape index (κ2) is 35.1. The van der Waals surface area contributed by atoms with Gasteiger partial charge in [0.25, 0.3) is 10.1 Å². The van der Waals surface area contributed by atoms with Gasteiger partial charge >= 0.3 is 29.6 Å². The minimum absolute atomic E-state index is 0. The van der Waals surface area contributed by atoms with Gasteiger partial charge in [0.05, 0.1) is 12.4 Å². The molecule has 0 amide bonds. The summed E-state index contributed by atoms with van der Waals surface area (Å²) < 4.78 is 29.4. The molecule has 0 atom stereocenters. The van der Waals surface area contributed by atoms with E-state index in [1.54, 1.807) is 0 Å². The summed E-state index contributed by atoms with van der Waals surface area (Å²) in [6.07, 6.45) is 39.2. The molecule has 0 rings (SSSR count). The smallest absolute Gasteiger partial charge is 1.00 e. The molecule has 0 saturated carbocycles. The van der Waals surface area contributed by atoms with Gasteiger partial charge in [0.2, 0.25) is 0 Å². The zero-order chi connectivity index (χ0) is 27.8. The largest absolute Gasteiger partial charge is 1.00 e. The molecule has 0 saturated heterocycles. The van der Waals surface area contributed by atoms with Crippen LogP contribution in [0.4, 0.5) is 0 Å². The Morgan fingerprint density at radius 2 is 0.615 bits per heavy atom. The van der Waals surface area contributed by atoms with E-state index in [4.69, 9.17) is 4.18 Å². The van der Waals surface area contributed by atoms with E-state index in [2.05, 4.69) is 13.8 Å². The van der Waals surface area contributed by atoms with Crippen molar-refractivity contribution in [1.82, 2.24) is 0 Å². The van der Waals surface area contributed by atoms with Gasteiger partial charge < -0.3 is 1.43 Å². The van der Waals surface area contributed by atoms with Crippen molar-refractivity contribution in [2.24, 2.45) is 0 Å². The molecular formula is C34H71NaO3S. The normalized spacial score (nSPS) is 11.6. The molecule has 3 nitrogen and oxygen atoms in total. The number of hydrogen-bond acceptors (Lipinski definition) is 3. The summed E-state index contributed by atoms with van der Waals surface area (Å²) in [6, 6.07) is 0. The van der Waals surface area contributed by atoms with Crippen LogP contribution in [0.2, 0.25) is 0 Å². The third-order valence-electron chi connectivity index (χ3n) is 8.01. The van der Waals surface area contributed by atoms with Gasteiger partial charge in [0.1, 0.15) is 0 Å². The van der Waals surface area contributed by atoms with E-state index in [0.717, 1.165) is 32.1 Å². The van der Waals surface area contributed by atoms with E-state index in [1.807, 2.05) is 0 Å². The Morgan fingerprint density at radius 3 is 0.897 bits per heavy atom. The Kier molecular flexibility index (Phi) is 37.8. The molecule has 0 bridgehead atoms. The first kappa shape index (κ1) is 42.0. The maximum Gasteiger partial charge on any atom is 1.00 e. The summed E-state index contributed by atoms with van der Waals surface area (Å²) in [6.45, 7) is 4.93. The second-order valence-electron chi connectivity index (χ2n) is 12.0. The van der Waals surface area contributed by atoms with Gasteiger partial charge in [-0.25, -0.2) is 0 Å². The summed E-state index contributed by atoms with van der Waals surface area (Å²) >= 11 is 0. The Balaban J connectivity index is -0.00000684. The fourth-order valence-corrected chi connectivity index (χ4v) is 6.42. The van der Waals surface area contributed by atoms with E-state index in [0.29, 0.717) is 6.61 Å². The summed E-state index contributed by atoms with van der Waals surface area (Å²) in [5.41, 5.74) is 0. The summed E-state index contributed by atoms with van der Waals surface area (Å²) in [7, 11) is -3.32. The number of rotatable bonds is 33. The first-order valence-electron chi connectivity index (χ1n) is 17.5. The Labute approximate surface area is 271 Å². The van der Waals surface area contributed by atoms with Gasteiger partial charge in [-0.1, -0.05) is 194 Å². The molecule has 0 aliphatic rings. The molecular weight excluding hydrogens is 511 g/mol. The molecule has 0 aromatic heterocycles. The van der Waals surface area contributed by atoms with Crippen LogP contribution in [-0.4, -0.2) is 20.8 Å². The predicted molar refractivity (Wildman–Crippen MR) is 171 cm³/mol. The van der Waals surface area contributed by atoms with E-state index in [1.165, 1.54) is 161 Å². The van der Waals surface area contributed by atoms with Crippen molar-refractivity contribution in [2.75, 3.05) is 12.4 Å². The minimum Gasteiger partial charge on any atom is -1.00 e. The summed E-state index contributed by atoms with van der Waals surface area (Å²) in [5, 5.41) is 0. The quantitative estimate of drug-likeness (QED) is 0.0440. The van der Waals surface area contributed by atoms with Gasteiger partial charge in [0.15, 0.2) is 0 Å². The Bertz CT molecular complexity index is 545. The molecule has 0 heterocycles. The third-order valence-corrected chi connectivity index (χ3v) is 9.32. The topological polar surface area (TPSA) is 43.4 Å². The zero-order valence-electron chi connectivity index (χ0n) is 28.3. The fourth-order valence-electron chi connectivity index (χ4n) is 5.37. The molecule has 0 aliphatic heterocycles. The van der Waals surface area contributed by atoms with Crippen LogP contribution < -0.4 is 29.6 Å². The van der Waals surface area contributed by atoms with Crippen molar-refractivity contribution in [3.63, 3.8) is 0 Å². The van der Waals surface area contributed by atoms with Crippen LogP contribution >= 0.6 is 0 Å². The molecule has 0 radical (unpaired) electrons. The average molecular weight is 583 g/mol. The molecule has 0 spiro atoms. The van der Waals surface area contributed by atoms with Gasteiger partial charge in [-0.15, -0.1) is 0 Å². The maximum absolute atomic E-state index is 12.1. The van der Waals surface area contributed by atoms with Crippen molar-refractivity contribution in [3.8, 4) is 0 Å². The van der Waals surface area contributed by atoms with Crippen molar-refractivity contribution in [2.45, 2.75) is 206 Å². The summed E-state index contributed by atoms with van der Waals surface area (Å²) in [4.78, 5) is 0. The molecule has 39 heavy (non-hydrogen) atoms. The van der Waals surface area contributed by atoms with Crippen LogP contribution in [0.5, 0.6) is 0 Å². The van der Waals surface area contributed by atoms with E-state index in [9.17, 15) is 8.42 Å². The van der Waals surface area contributed by atoms with Crippen LogP contribution in [-0.2, 0) is 14.3 Å². The van der Waals surface area contributed by atoms with Crippen LogP contribution in [0.25, 0.3) is 0 Å². The molecule has 0 N–H and O–H groups in total. The van der Waals surface area contributed by atoms with Crippen LogP contribution in [0, 0.1) is 0 Å². The molecule has 5 heteroatoms. The van der Waals surface area contributed by atoms with Crippen molar-refractivity contribution < 1.29 is 43.6 Å². The maximum atomic E-state index is 12.1. The fraction of sp³-hybridized carbons (Fsp3) is 1.00. The minimum atomic E-state index is -3.32. The first-order chi connectivity index (χ1) is 18.6. The van der Waals surface area contributed by atoms with Crippen molar-refractivity contribution >= 4 is 10.1 Å². The molecule has 0 aromatic rings. The monoisotopic (exact) mass is 583 g/mol. The number of unbranched alkanes of at least 4 members (excludes halogenated alkanes) is 28. The molecule has 0 aromatic carbocycles. The SMILES string of the molecule is CCCCCCCCCCCCCCCCCCS(=O)(=O)OCCCCCCCCCCCCCCCC.[H-].[Na+]. The van der Waals surface area contributed by atoms with E-state index >= 15 is 0 Å². The predicted octanol–water partition coefficient (Wildman–Crippen LogP) is 9.19. The standard InChI is InChI=1S/C34H70O3S.Na.H/c1-3-5-7-9-11-13-15-17-19-20-22-24-26-28-30-32-34-38(35,36)37-33-31-29-27-25-23-21-18-16-14-12-10-8-6-4-2;;/h3-34H2,1-2H3;;/q;+1;-1. The Hall–Kier alpha value is 0.910. The molecule has 0 unspecified atom stereocenters. The third kappa shape index (κ3) is 36.9. The molecule has 232 valence electrons. The van der Waals surface area contributed by atoms with Crippen molar-refractivity contribution in [1.29, 1.82) is 0 Å². The Morgan fingerprint density at radius 1 is 0.385 bits per heavy atom. The van der Waals surface area contributed by atoms with Crippen LogP contribution in [0.15, 0.2) is 0 Å². The van der Waals surface area contributed by atoms with Crippen LogP contribution in [0.1, 0.15) is 208 Å². The van der Waals surface area contributed by atoms with Crippen molar-refractivity contribution in [3.05, 3.63) is 0 Å². The first-order valence-corrected chi connectivity index (χ1v) is 19.1. The molecule has 0 fully saturated rings. The van der Waals surface area contributed by atoms with E-state index in [-0.39, 0.29) is 36.7 Å². The van der Waals surface area contributed by atoms with Crippen LogP contribution in [0.3, 0.4) is 0 Å². The average Bonchev–Trinajstić information content (AvgIpc) is 2.90. The number of hydrogen-bond donors (Lipinski definition) is 0. The van der Waals surface area contributed by atoms with Gasteiger partial charge in [0, 0.05) is 0 Å². The summed E-state index contributed by atoms with van der Waals surface area (Å²) in [5.74, 6) is 0.198.